The summed E-state index contributed by atoms with van der Waals surface area (Å²) >= 11 is 0. The molecule has 0 bridgehead atoms. The van der Waals surface area contributed by atoms with Gasteiger partial charge in [0.15, 0.2) is 5.82 Å². The van der Waals surface area contributed by atoms with Crippen LogP contribution in [0.4, 0.5) is 0 Å². The normalized spacial score (nSPS) is 23.5. The highest BCUT2D eigenvalue weighted by atomic mass is 16.5. The van der Waals surface area contributed by atoms with Crippen molar-refractivity contribution < 1.29 is 4.52 Å². The predicted octanol–water partition coefficient (Wildman–Crippen LogP) is 1.75. The lowest BCUT2D eigenvalue weighted by Crippen LogP contribution is -2.40. The fraction of sp³-hybridized carbons (Fsp3) is 0.846. The first kappa shape index (κ1) is 13.5. The quantitative estimate of drug-likeness (QED) is 0.884. The molecule has 2 atom stereocenters. The summed E-state index contributed by atoms with van der Waals surface area (Å²) < 4.78 is 5.14. The van der Waals surface area contributed by atoms with E-state index in [1.807, 2.05) is 6.92 Å². The van der Waals surface area contributed by atoms with Crippen LogP contribution < -0.4 is 5.73 Å². The fourth-order valence-corrected chi connectivity index (χ4v) is 2.53. The van der Waals surface area contributed by atoms with Gasteiger partial charge in [-0.05, 0) is 46.1 Å². The molecule has 1 aliphatic rings. The molecule has 0 aliphatic carbocycles. The number of piperidine rings is 1. The van der Waals surface area contributed by atoms with Crippen LogP contribution in [0, 0.1) is 5.92 Å². The van der Waals surface area contributed by atoms with Gasteiger partial charge in [-0.3, -0.25) is 0 Å². The predicted molar refractivity (Wildman–Crippen MR) is 70.0 cm³/mol. The minimum Gasteiger partial charge on any atom is -0.338 e. The molecule has 18 heavy (non-hydrogen) atoms. The Bertz CT molecular complexity index is 375. The lowest BCUT2D eigenvalue weighted by Gasteiger charge is -2.35. The molecule has 2 unspecified atom stereocenters. The number of nitrogens with two attached hydrogens (primary N) is 1. The van der Waals surface area contributed by atoms with E-state index >= 15 is 0 Å². The van der Waals surface area contributed by atoms with E-state index in [0.717, 1.165) is 18.8 Å². The van der Waals surface area contributed by atoms with Gasteiger partial charge < -0.3 is 15.2 Å². The smallest absolute Gasteiger partial charge is 0.243 e. The first-order valence-corrected chi connectivity index (χ1v) is 6.88. The van der Waals surface area contributed by atoms with Crippen molar-refractivity contribution in [1.29, 1.82) is 0 Å². The van der Waals surface area contributed by atoms with Gasteiger partial charge in [0.2, 0.25) is 5.89 Å². The average molecular weight is 252 g/mol. The van der Waals surface area contributed by atoms with Gasteiger partial charge in [0.1, 0.15) is 0 Å². The lowest BCUT2D eigenvalue weighted by atomic mass is 9.94. The molecule has 5 nitrogen and oxygen atoms in total. The lowest BCUT2D eigenvalue weighted by molar-refractivity contribution is 0.138. The molecule has 1 aromatic heterocycles. The zero-order valence-corrected chi connectivity index (χ0v) is 11.6. The minimum atomic E-state index is -0.176. The van der Waals surface area contributed by atoms with Crippen molar-refractivity contribution in [2.24, 2.45) is 11.7 Å². The number of hydrogen-bond donors (Lipinski definition) is 1. The highest BCUT2D eigenvalue weighted by molar-refractivity contribution is 4.93. The van der Waals surface area contributed by atoms with Crippen LogP contribution in [0.1, 0.15) is 51.4 Å². The maximum atomic E-state index is 5.72. The molecule has 0 aromatic carbocycles. The van der Waals surface area contributed by atoms with Gasteiger partial charge in [0, 0.05) is 19.0 Å². The second kappa shape index (κ2) is 5.80. The number of hydrogen-bond acceptors (Lipinski definition) is 5. The van der Waals surface area contributed by atoms with Crippen molar-refractivity contribution in [3.8, 4) is 0 Å². The van der Waals surface area contributed by atoms with Crippen molar-refractivity contribution >= 4 is 0 Å². The molecule has 1 aromatic rings. The molecule has 5 heteroatoms. The van der Waals surface area contributed by atoms with Gasteiger partial charge in [-0.1, -0.05) is 5.16 Å². The second-order valence-corrected chi connectivity index (χ2v) is 5.64. The highest BCUT2D eigenvalue weighted by Gasteiger charge is 2.23. The van der Waals surface area contributed by atoms with Crippen molar-refractivity contribution in [3.63, 3.8) is 0 Å². The first-order valence-electron chi connectivity index (χ1n) is 6.88. The Labute approximate surface area is 109 Å². The Balaban J connectivity index is 1.92. The molecule has 0 amide bonds. The molecule has 1 aliphatic heterocycles. The van der Waals surface area contributed by atoms with Crippen molar-refractivity contribution in [2.45, 2.75) is 52.1 Å². The van der Waals surface area contributed by atoms with Crippen LogP contribution in [0.15, 0.2) is 4.52 Å². The van der Waals surface area contributed by atoms with Crippen molar-refractivity contribution in [2.75, 3.05) is 13.1 Å². The molecule has 2 N–H and O–H groups in total. The fourth-order valence-electron chi connectivity index (χ4n) is 2.53. The summed E-state index contributed by atoms with van der Waals surface area (Å²) in [5.41, 5.74) is 5.72. The summed E-state index contributed by atoms with van der Waals surface area (Å²) in [4.78, 5) is 6.88. The third kappa shape index (κ3) is 3.29. The van der Waals surface area contributed by atoms with Crippen molar-refractivity contribution in [1.82, 2.24) is 15.0 Å². The summed E-state index contributed by atoms with van der Waals surface area (Å²) in [5.74, 6) is 1.99. The zero-order chi connectivity index (χ0) is 13.1. The van der Waals surface area contributed by atoms with Gasteiger partial charge in [-0.15, -0.1) is 0 Å². The summed E-state index contributed by atoms with van der Waals surface area (Å²) in [6.07, 6.45) is 3.42. The van der Waals surface area contributed by atoms with E-state index < -0.39 is 0 Å². The summed E-state index contributed by atoms with van der Waals surface area (Å²) in [5, 5.41) is 4.02. The van der Waals surface area contributed by atoms with Crippen LogP contribution in [-0.2, 0) is 6.42 Å². The van der Waals surface area contributed by atoms with E-state index in [0.29, 0.717) is 17.9 Å². The van der Waals surface area contributed by atoms with Crippen LogP contribution >= 0.6 is 0 Å². The zero-order valence-electron chi connectivity index (χ0n) is 11.6. The van der Waals surface area contributed by atoms with Gasteiger partial charge in [-0.25, -0.2) is 0 Å². The maximum absolute atomic E-state index is 5.72. The summed E-state index contributed by atoms with van der Waals surface area (Å²) in [6.45, 7) is 8.72. The molecule has 0 radical (unpaired) electrons. The van der Waals surface area contributed by atoms with Gasteiger partial charge >= 0.3 is 0 Å². The van der Waals surface area contributed by atoms with Gasteiger partial charge in [0.05, 0.1) is 6.04 Å². The summed E-state index contributed by atoms with van der Waals surface area (Å²) in [6, 6.07) is 0.447. The molecule has 102 valence electrons. The van der Waals surface area contributed by atoms with Crippen LogP contribution in [0.2, 0.25) is 0 Å². The van der Waals surface area contributed by atoms with Crippen LogP contribution in [0.3, 0.4) is 0 Å². The molecule has 2 heterocycles. The third-order valence-corrected chi connectivity index (χ3v) is 3.63. The monoisotopic (exact) mass is 252 g/mol. The summed E-state index contributed by atoms with van der Waals surface area (Å²) in [7, 11) is 0. The molecule has 0 saturated carbocycles. The van der Waals surface area contributed by atoms with Crippen molar-refractivity contribution in [3.05, 3.63) is 11.7 Å². The highest BCUT2D eigenvalue weighted by Crippen LogP contribution is 2.21. The molecular formula is C13H24N4O. The largest absolute Gasteiger partial charge is 0.338 e. The number of likely N-dealkylation sites (tertiary alicyclic amines) is 1. The van der Waals surface area contributed by atoms with Crippen LogP contribution in [0.5, 0.6) is 0 Å². The topological polar surface area (TPSA) is 68.2 Å². The van der Waals surface area contributed by atoms with Crippen LogP contribution in [-0.4, -0.2) is 34.2 Å². The Kier molecular flexibility index (Phi) is 4.35. The second-order valence-electron chi connectivity index (χ2n) is 5.64. The minimum absolute atomic E-state index is 0.176. The maximum Gasteiger partial charge on any atom is 0.243 e. The Hall–Kier alpha value is -0.940. The molecule has 2 rings (SSSR count). The van der Waals surface area contributed by atoms with E-state index in [1.165, 1.54) is 19.4 Å². The third-order valence-electron chi connectivity index (χ3n) is 3.63. The van der Waals surface area contributed by atoms with Gasteiger partial charge in [-0.2, -0.15) is 4.98 Å². The molecule has 1 fully saturated rings. The average Bonchev–Trinajstić information content (AvgIpc) is 2.78. The Morgan fingerprint density at radius 2 is 2.22 bits per heavy atom. The number of aromatic nitrogens is 2. The van der Waals surface area contributed by atoms with E-state index in [2.05, 4.69) is 28.9 Å². The van der Waals surface area contributed by atoms with E-state index in [-0.39, 0.29) is 6.04 Å². The molecular weight excluding hydrogens is 228 g/mol. The Morgan fingerprint density at radius 3 is 2.83 bits per heavy atom. The SMILES string of the molecule is CC(N)c1nc(CC2CCCN(C(C)C)C2)no1. The number of rotatable bonds is 4. The van der Waals surface area contributed by atoms with E-state index in [1.54, 1.807) is 0 Å². The van der Waals surface area contributed by atoms with E-state index in [4.69, 9.17) is 10.3 Å². The van der Waals surface area contributed by atoms with Gasteiger partial charge in [0.25, 0.3) is 0 Å². The molecule has 0 spiro atoms. The Morgan fingerprint density at radius 1 is 1.44 bits per heavy atom. The number of nitrogens with zero attached hydrogens (tertiary/aromatic N) is 3. The van der Waals surface area contributed by atoms with E-state index in [9.17, 15) is 0 Å². The van der Waals surface area contributed by atoms with Crippen LogP contribution in [0.25, 0.3) is 0 Å². The first-order chi connectivity index (χ1) is 8.56. The standard InChI is InChI=1S/C13H24N4O/c1-9(2)17-6-4-5-11(8-17)7-12-15-13(10(3)14)18-16-12/h9-11H,4-8,14H2,1-3H3. The molecule has 1 saturated heterocycles.